The topological polar surface area (TPSA) is 58.8 Å². The molecule has 5 heteroatoms. The number of anilines is 1. The summed E-state index contributed by atoms with van der Waals surface area (Å²) >= 11 is 0. The van der Waals surface area contributed by atoms with Gasteiger partial charge in [0.15, 0.2) is 0 Å². The van der Waals surface area contributed by atoms with Crippen molar-refractivity contribution in [3.8, 4) is 5.75 Å². The Bertz CT molecular complexity index is 584. The molecule has 1 amide bonds. The zero-order valence-corrected chi connectivity index (χ0v) is 14.8. The van der Waals surface area contributed by atoms with E-state index in [2.05, 4.69) is 4.90 Å². The van der Waals surface area contributed by atoms with Crippen LogP contribution in [-0.2, 0) is 11.2 Å². The van der Waals surface area contributed by atoms with Crippen LogP contribution < -0.4 is 15.4 Å². The fourth-order valence-corrected chi connectivity index (χ4v) is 3.25. The van der Waals surface area contributed by atoms with Crippen molar-refractivity contribution in [1.29, 1.82) is 0 Å². The summed E-state index contributed by atoms with van der Waals surface area (Å²) in [5.74, 6) is 1.77. The van der Waals surface area contributed by atoms with E-state index in [4.69, 9.17) is 10.5 Å². The van der Waals surface area contributed by atoms with Crippen LogP contribution in [0.25, 0.3) is 0 Å². The Morgan fingerprint density at radius 3 is 2.92 bits per heavy atom. The van der Waals surface area contributed by atoms with Gasteiger partial charge in [-0.1, -0.05) is 18.9 Å². The number of carbonyl (C=O) groups is 1. The Morgan fingerprint density at radius 2 is 2.21 bits per heavy atom. The average molecular weight is 331 g/mol. The molecule has 1 aliphatic carbocycles. The van der Waals surface area contributed by atoms with E-state index in [1.165, 1.54) is 12.8 Å². The lowest BCUT2D eigenvalue weighted by Crippen LogP contribution is -2.43. The number of benzene rings is 1. The molecule has 0 bridgehead atoms. The smallest absolute Gasteiger partial charge is 0.243 e. The van der Waals surface area contributed by atoms with Gasteiger partial charge in [-0.15, -0.1) is 0 Å². The van der Waals surface area contributed by atoms with Crippen LogP contribution >= 0.6 is 0 Å². The summed E-state index contributed by atoms with van der Waals surface area (Å²) in [5, 5.41) is 0. The van der Waals surface area contributed by atoms with Crippen LogP contribution in [0.3, 0.4) is 0 Å². The second-order valence-electron chi connectivity index (χ2n) is 7.27. The molecule has 0 spiro atoms. The minimum atomic E-state index is -0.380. The molecule has 2 aliphatic rings. The Balaban J connectivity index is 1.63. The highest BCUT2D eigenvalue weighted by Crippen LogP contribution is 2.36. The largest absolute Gasteiger partial charge is 0.492 e. The third-order valence-corrected chi connectivity index (χ3v) is 4.95. The van der Waals surface area contributed by atoms with E-state index >= 15 is 0 Å². The Morgan fingerprint density at radius 1 is 1.42 bits per heavy atom. The Labute approximate surface area is 144 Å². The van der Waals surface area contributed by atoms with Crippen molar-refractivity contribution < 1.29 is 9.53 Å². The highest BCUT2D eigenvalue weighted by molar-refractivity contribution is 5.99. The first-order chi connectivity index (χ1) is 11.6. The molecule has 132 valence electrons. The molecule has 1 aromatic carbocycles. The van der Waals surface area contributed by atoms with Gasteiger partial charge in [-0.05, 0) is 51.4 Å². The van der Waals surface area contributed by atoms with Gasteiger partial charge < -0.3 is 20.3 Å². The van der Waals surface area contributed by atoms with Gasteiger partial charge in [0, 0.05) is 18.7 Å². The van der Waals surface area contributed by atoms with Gasteiger partial charge in [0.25, 0.3) is 0 Å². The number of nitrogens with two attached hydrogens (primary N) is 1. The second-order valence-corrected chi connectivity index (χ2v) is 7.27. The molecule has 2 N–H and O–H groups in total. The van der Waals surface area contributed by atoms with Gasteiger partial charge in [0.2, 0.25) is 5.91 Å². The molecule has 1 saturated carbocycles. The molecule has 1 fully saturated rings. The quantitative estimate of drug-likeness (QED) is 0.792. The van der Waals surface area contributed by atoms with Crippen molar-refractivity contribution in [3.63, 3.8) is 0 Å². The zero-order chi connectivity index (χ0) is 17.1. The van der Waals surface area contributed by atoms with Crippen LogP contribution in [0.15, 0.2) is 18.2 Å². The first kappa shape index (κ1) is 17.2. The van der Waals surface area contributed by atoms with Gasteiger partial charge in [-0.3, -0.25) is 4.79 Å². The lowest BCUT2D eigenvalue weighted by molar-refractivity contribution is -0.119. The van der Waals surface area contributed by atoms with Gasteiger partial charge in [-0.2, -0.15) is 0 Å². The maximum Gasteiger partial charge on any atom is 0.243 e. The van der Waals surface area contributed by atoms with Gasteiger partial charge in [0.1, 0.15) is 12.4 Å². The lowest BCUT2D eigenvalue weighted by Gasteiger charge is -2.22. The normalized spacial score (nSPS) is 17.9. The summed E-state index contributed by atoms with van der Waals surface area (Å²) in [5.41, 5.74) is 8.27. The predicted molar refractivity (Wildman–Crippen MR) is 96.5 cm³/mol. The summed E-state index contributed by atoms with van der Waals surface area (Å²) in [6.07, 6.45) is 5.34. The molecule has 0 radical (unpaired) electrons. The number of hydrogen-bond acceptors (Lipinski definition) is 4. The second kappa shape index (κ2) is 7.53. The molecule has 1 atom stereocenters. The van der Waals surface area contributed by atoms with Crippen molar-refractivity contribution >= 4 is 11.6 Å². The van der Waals surface area contributed by atoms with Crippen LogP contribution in [0.5, 0.6) is 5.75 Å². The number of carbonyl (C=O) groups excluding carboxylic acids is 1. The van der Waals surface area contributed by atoms with Gasteiger partial charge in [0.05, 0.1) is 11.7 Å². The predicted octanol–water partition coefficient (Wildman–Crippen LogP) is 2.03. The molecule has 0 aromatic heterocycles. The molecular formula is C19H29N3O2. The third kappa shape index (κ3) is 4.08. The fourth-order valence-electron chi connectivity index (χ4n) is 3.25. The molecule has 0 unspecified atom stereocenters. The maximum atomic E-state index is 12.7. The van der Waals surface area contributed by atoms with E-state index in [-0.39, 0.29) is 11.9 Å². The van der Waals surface area contributed by atoms with Crippen LogP contribution in [0.2, 0.25) is 0 Å². The molecule has 0 saturated heterocycles. The number of likely N-dealkylation sites (N-methyl/N-ethyl adjacent to an activating group) is 1. The van der Waals surface area contributed by atoms with E-state index in [0.717, 1.165) is 48.7 Å². The molecule has 5 nitrogen and oxygen atoms in total. The minimum Gasteiger partial charge on any atom is -0.492 e. The van der Waals surface area contributed by atoms with Crippen LogP contribution in [-0.4, -0.2) is 50.6 Å². The van der Waals surface area contributed by atoms with Crippen LogP contribution in [0.4, 0.5) is 5.69 Å². The zero-order valence-electron chi connectivity index (χ0n) is 14.8. The van der Waals surface area contributed by atoms with E-state index in [1.54, 1.807) is 0 Å². The maximum absolute atomic E-state index is 12.7. The first-order valence-electron chi connectivity index (χ1n) is 9.02. The minimum absolute atomic E-state index is 0.0554. The molecule has 1 aromatic rings. The third-order valence-electron chi connectivity index (χ3n) is 4.95. The highest BCUT2D eigenvalue weighted by Gasteiger charge is 2.31. The number of hydrogen-bond donors (Lipinski definition) is 1. The Kier molecular flexibility index (Phi) is 5.41. The van der Waals surface area contributed by atoms with Crippen LogP contribution in [0.1, 0.15) is 31.2 Å². The average Bonchev–Trinajstić information content (AvgIpc) is 3.29. The summed E-state index contributed by atoms with van der Waals surface area (Å²) in [7, 11) is 4.06. The van der Waals surface area contributed by atoms with Crippen molar-refractivity contribution in [2.75, 3.05) is 38.7 Å². The van der Waals surface area contributed by atoms with Crippen molar-refractivity contribution in [3.05, 3.63) is 23.8 Å². The summed E-state index contributed by atoms with van der Waals surface area (Å²) in [4.78, 5) is 16.7. The number of rotatable bonds is 8. The number of fused-ring (bicyclic) bond motifs is 1. The van der Waals surface area contributed by atoms with E-state index < -0.39 is 0 Å². The number of nitrogens with zero attached hydrogens (tertiary/aromatic N) is 2. The molecular weight excluding hydrogens is 302 g/mol. The number of ether oxygens (including phenoxy) is 1. The van der Waals surface area contributed by atoms with Crippen molar-refractivity contribution in [1.82, 2.24) is 4.90 Å². The molecule has 1 heterocycles. The van der Waals surface area contributed by atoms with E-state index in [0.29, 0.717) is 13.2 Å². The molecule has 1 aliphatic heterocycles. The van der Waals surface area contributed by atoms with Gasteiger partial charge >= 0.3 is 0 Å². The molecule has 24 heavy (non-hydrogen) atoms. The fraction of sp³-hybridized carbons (Fsp3) is 0.632. The van der Waals surface area contributed by atoms with Crippen molar-refractivity contribution in [2.45, 2.75) is 38.1 Å². The summed E-state index contributed by atoms with van der Waals surface area (Å²) in [6, 6.07) is 5.59. The van der Waals surface area contributed by atoms with Gasteiger partial charge in [-0.25, -0.2) is 0 Å². The highest BCUT2D eigenvalue weighted by atomic mass is 16.5. The van der Waals surface area contributed by atoms with E-state index in [9.17, 15) is 4.79 Å². The molecule has 3 rings (SSSR count). The standard InChI is InChI=1S/C19H29N3O2/c1-21(2)12-13-24-18-5-3-4-17-15(18)10-11-22(17)19(23)16(20)9-8-14-6-7-14/h3-5,14,16H,6-13,20H2,1-2H3/t16-/m0/s1. The number of amides is 1. The summed E-state index contributed by atoms with van der Waals surface area (Å²) in [6.45, 7) is 2.23. The monoisotopic (exact) mass is 331 g/mol. The van der Waals surface area contributed by atoms with Crippen LogP contribution in [0, 0.1) is 5.92 Å². The van der Waals surface area contributed by atoms with E-state index in [1.807, 2.05) is 37.2 Å². The Hall–Kier alpha value is -1.59. The van der Waals surface area contributed by atoms with Crippen molar-refractivity contribution in [2.24, 2.45) is 11.7 Å². The SMILES string of the molecule is CN(C)CCOc1cccc2c1CCN2C(=O)[C@@H](N)CCC1CC1. The lowest BCUT2D eigenvalue weighted by atomic mass is 10.1. The summed E-state index contributed by atoms with van der Waals surface area (Å²) < 4.78 is 5.92. The first-order valence-corrected chi connectivity index (χ1v) is 9.02.